The van der Waals surface area contributed by atoms with E-state index in [9.17, 15) is 8.42 Å². The zero-order valence-corrected chi connectivity index (χ0v) is 13.4. The number of nitrogens with zero attached hydrogens (tertiary/aromatic N) is 2. The van der Waals surface area contributed by atoms with Crippen LogP contribution in [0.2, 0.25) is 0 Å². The van der Waals surface area contributed by atoms with Gasteiger partial charge in [0.05, 0.1) is 6.10 Å². The zero-order chi connectivity index (χ0) is 15.3. The minimum atomic E-state index is -3.48. The van der Waals surface area contributed by atoms with Crippen molar-refractivity contribution >= 4 is 15.8 Å². The summed E-state index contributed by atoms with van der Waals surface area (Å²) in [5.41, 5.74) is 0. The van der Waals surface area contributed by atoms with Crippen LogP contribution in [-0.2, 0) is 14.8 Å². The fraction of sp³-hybridized carbons (Fsp3) is 0.643. The van der Waals surface area contributed by atoms with Gasteiger partial charge >= 0.3 is 0 Å². The van der Waals surface area contributed by atoms with Gasteiger partial charge in [-0.1, -0.05) is 6.92 Å². The highest BCUT2D eigenvalue weighted by Gasteiger charge is 2.30. The van der Waals surface area contributed by atoms with Gasteiger partial charge in [-0.2, -0.15) is 4.31 Å². The van der Waals surface area contributed by atoms with Crippen LogP contribution in [0.4, 0.5) is 5.82 Å². The number of hydrogen-bond acceptors (Lipinski definition) is 5. The van der Waals surface area contributed by atoms with Gasteiger partial charge < -0.3 is 10.1 Å². The Balaban J connectivity index is 2.10. The van der Waals surface area contributed by atoms with E-state index >= 15 is 0 Å². The van der Waals surface area contributed by atoms with Crippen molar-refractivity contribution in [1.82, 2.24) is 9.29 Å². The molecule has 0 aromatic carbocycles. The molecular weight excluding hydrogens is 290 g/mol. The van der Waals surface area contributed by atoms with Crippen LogP contribution in [-0.4, -0.2) is 50.6 Å². The van der Waals surface area contributed by atoms with Gasteiger partial charge in [-0.05, 0) is 31.4 Å². The van der Waals surface area contributed by atoms with Gasteiger partial charge in [-0.3, -0.25) is 0 Å². The summed E-state index contributed by atoms with van der Waals surface area (Å²) in [6, 6.07) is 3.26. The first-order valence-electron chi connectivity index (χ1n) is 7.33. The highest BCUT2D eigenvalue weighted by molar-refractivity contribution is 7.89. The molecule has 2 heterocycles. The molecule has 0 aliphatic carbocycles. The SMILES string of the molecule is CCCOC1CCCN(S(=O)(=O)c2ccc(NC)nc2)C1. The van der Waals surface area contributed by atoms with E-state index in [0.29, 0.717) is 25.5 Å². The van der Waals surface area contributed by atoms with E-state index < -0.39 is 10.0 Å². The van der Waals surface area contributed by atoms with Gasteiger partial charge in [0.2, 0.25) is 10.0 Å². The van der Waals surface area contributed by atoms with E-state index in [-0.39, 0.29) is 11.0 Å². The first-order valence-corrected chi connectivity index (χ1v) is 8.77. The Labute approximate surface area is 126 Å². The summed E-state index contributed by atoms with van der Waals surface area (Å²) in [5, 5.41) is 2.88. The maximum atomic E-state index is 12.6. The predicted octanol–water partition coefficient (Wildman–Crippen LogP) is 1.70. The Hall–Kier alpha value is -1.18. The highest BCUT2D eigenvalue weighted by atomic mass is 32.2. The lowest BCUT2D eigenvalue weighted by atomic mass is 10.1. The van der Waals surface area contributed by atoms with E-state index in [1.165, 1.54) is 10.5 Å². The molecule has 0 amide bonds. The van der Waals surface area contributed by atoms with Crippen molar-refractivity contribution in [3.63, 3.8) is 0 Å². The average molecular weight is 313 g/mol. The van der Waals surface area contributed by atoms with Crippen LogP contribution in [0.5, 0.6) is 0 Å². The average Bonchev–Trinajstić information content (AvgIpc) is 2.53. The quantitative estimate of drug-likeness (QED) is 0.865. The number of pyridine rings is 1. The Morgan fingerprint density at radius 3 is 2.90 bits per heavy atom. The van der Waals surface area contributed by atoms with Crippen LogP contribution >= 0.6 is 0 Å². The number of piperidine rings is 1. The lowest BCUT2D eigenvalue weighted by Crippen LogP contribution is -2.43. The fourth-order valence-corrected chi connectivity index (χ4v) is 3.83. The predicted molar refractivity (Wildman–Crippen MR) is 81.8 cm³/mol. The van der Waals surface area contributed by atoms with Gasteiger partial charge in [-0.15, -0.1) is 0 Å². The highest BCUT2D eigenvalue weighted by Crippen LogP contribution is 2.22. The molecule has 1 N–H and O–H groups in total. The molecule has 0 bridgehead atoms. The van der Waals surface area contributed by atoms with Crippen LogP contribution in [0.3, 0.4) is 0 Å². The summed E-state index contributed by atoms with van der Waals surface area (Å²) in [5.74, 6) is 0.650. The molecule has 1 aromatic heterocycles. The third kappa shape index (κ3) is 3.93. The van der Waals surface area contributed by atoms with Crippen molar-refractivity contribution in [3.05, 3.63) is 18.3 Å². The second-order valence-electron chi connectivity index (χ2n) is 5.13. The number of ether oxygens (including phenoxy) is 1. The lowest BCUT2D eigenvalue weighted by molar-refractivity contribution is 0.0193. The number of anilines is 1. The number of hydrogen-bond donors (Lipinski definition) is 1. The number of rotatable bonds is 6. The standard InChI is InChI=1S/C14H23N3O3S/c1-3-9-20-12-5-4-8-17(11-12)21(18,19)13-6-7-14(15-2)16-10-13/h6-7,10,12H,3-5,8-9,11H2,1-2H3,(H,15,16). The first-order chi connectivity index (χ1) is 10.1. The zero-order valence-electron chi connectivity index (χ0n) is 12.6. The van der Waals surface area contributed by atoms with Crippen molar-refractivity contribution in [2.45, 2.75) is 37.2 Å². The Bertz CT molecular complexity index is 545. The van der Waals surface area contributed by atoms with E-state index in [1.807, 2.05) is 6.92 Å². The van der Waals surface area contributed by atoms with Gasteiger partial charge in [0, 0.05) is 32.9 Å². The molecule has 7 heteroatoms. The van der Waals surface area contributed by atoms with Gasteiger partial charge in [0.1, 0.15) is 10.7 Å². The molecule has 6 nitrogen and oxygen atoms in total. The third-order valence-electron chi connectivity index (χ3n) is 3.53. The lowest BCUT2D eigenvalue weighted by Gasteiger charge is -2.31. The molecule has 2 rings (SSSR count). The van der Waals surface area contributed by atoms with Gasteiger partial charge in [0.15, 0.2) is 0 Å². The summed E-state index contributed by atoms with van der Waals surface area (Å²) in [6.45, 7) is 3.70. The summed E-state index contributed by atoms with van der Waals surface area (Å²) in [4.78, 5) is 4.31. The molecule has 1 atom stereocenters. The molecule has 1 fully saturated rings. The maximum absolute atomic E-state index is 12.6. The molecule has 1 aliphatic heterocycles. The minimum Gasteiger partial charge on any atom is -0.377 e. The summed E-state index contributed by atoms with van der Waals surface area (Å²) in [6.07, 6.45) is 4.09. The van der Waals surface area contributed by atoms with Gasteiger partial charge in [-0.25, -0.2) is 13.4 Å². The van der Waals surface area contributed by atoms with Crippen molar-refractivity contribution in [3.8, 4) is 0 Å². The molecule has 1 aliphatic rings. The smallest absolute Gasteiger partial charge is 0.244 e. The van der Waals surface area contributed by atoms with E-state index in [4.69, 9.17) is 4.74 Å². The van der Waals surface area contributed by atoms with Crippen LogP contribution in [0, 0.1) is 0 Å². The molecule has 21 heavy (non-hydrogen) atoms. The van der Waals surface area contributed by atoms with E-state index in [0.717, 1.165) is 19.3 Å². The molecule has 1 saturated heterocycles. The molecule has 0 saturated carbocycles. The van der Waals surface area contributed by atoms with Crippen molar-refractivity contribution in [2.75, 3.05) is 32.1 Å². The summed E-state index contributed by atoms with van der Waals surface area (Å²) < 4.78 is 32.4. The monoisotopic (exact) mass is 313 g/mol. The van der Waals surface area contributed by atoms with Crippen LogP contribution < -0.4 is 5.32 Å². The topological polar surface area (TPSA) is 71.5 Å². The second kappa shape index (κ2) is 7.20. The maximum Gasteiger partial charge on any atom is 0.244 e. The Morgan fingerprint density at radius 2 is 2.29 bits per heavy atom. The van der Waals surface area contributed by atoms with Crippen molar-refractivity contribution in [1.29, 1.82) is 0 Å². The van der Waals surface area contributed by atoms with E-state index in [2.05, 4.69) is 10.3 Å². The van der Waals surface area contributed by atoms with Crippen molar-refractivity contribution < 1.29 is 13.2 Å². The summed E-state index contributed by atoms with van der Waals surface area (Å²) >= 11 is 0. The van der Waals surface area contributed by atoms with Crippen LogP contribution in [0.25, 0.3) is 0 Å². The van der Waals surface area contributed by atoms with E-state index in [1.54, 1.807) is 19.2 Å². The first kappa shape index (κ1) is 16.2. The molecule has 0 spiro atoms. The van der Waals surface area contributed by atoms with Crippen LogP contribution in [0.15, 0.2) is 23.2 Å². The largest absolute Gasteiger partial charge is 0.377 e. The third-order valence-corrected chi connectivity index (χ3v) is 5.38. The molecule has 1 unspecified atom stereocenters. The molecule has 1 aromatic rings. The second-order valence-corrected chi connectivity index (χ2v) is 7.07. The minimum absolute atomic E-state index is 0.00184. The van der Waals surface area contributed by atoms with Crippen LogP contribution in [0.1, 0.15) is 26.2 Å². The Kier molecular flexibility index (Phi) is 5.55. The van der Waals surface area contributed by atoms with Gasteiger partial charge in [0.25, 0.3) is 0 Å². The number of nitrogens with one attached hydrogen (secondary N) is 1. The normalized spacial score (nSPS) is 20.4. The number of aromatic nitrogens is 1. The Morgan fingerprint density at radius 1 is 1.48 bits per heavy atom. The summed E-state index contributed by atoms with van der Waals surface area (Å²) in [7, 11) is -1.74. The fourth-order valence-electron chi connectivity index (χ4n) is 2.37. The van der Waals surface area contributed by atoms with Crippen molar-refractivity contribution in [2.24, 2.45) is 0 Å². The number of sulfonamides is 1. The molecule has 118 valence electrons. The molecular formula is C14H23N3O3S. The molecule has 0 radical (unpaired) electrons.